The number of aliphatic hydroxyl groups is 1. The normalized spacial score (nSPS) is 13.7. The Balaban J connectivity index is 1.80. The highest BCUT2D eigenvalue weighted by Gasteiger charge is 2.24. The van der Waals surface area contributed by atoms with Gasteiger partial charge >= 0.3 is 0 Å². The van der Waals surface area contributed by atoms with Crippen LogP contribution in [0, 0.1) is 0 Å². The van der Waals surface area contributed by atoms with E-state index in [9.17, 15) is 9.90 Å². The lowest BCUT2D eigenvalue weighted by molar-refractivity contribution is 0.0530. The molecule has 5 heteroatoms. The predicted molar refractivity (Wildman–Crippen MR) is 88.0 cm³/mol. The topological polar surface area (TPSA) is 62.2 Å². The summed E-state index contributed by atoms with van der Waals surface area (Å²) in [5.41, 5.74) is 1.06. The number of hydrogen-bond donors (Lipinski definition) is 2. The zero-order valence-corrected chi connectivity index (χ0v) is 12.9. The molecule has 0 saturated heterocycles. The Morgan fingerprint density at radius 1 is 1.32 bits per heavy atom. The number of hydrogen-bond acceptors (Lipinski definition) is 4. The van der Waals surface area contributed by atoms with E-state index in [0.717, 1.165) is 16.5 Å². The second-order valence-electron chi connectivity index (χ2n) is 5.34. The summed E-state index contributed by atoms with van der Waals surface area (Å²) >= 11 is 1.52. The molecule has 112 valence electrons. The summed E-state index contributed by atoms with van der Waals surface area (Å²) in [6.45, 7) is 1.85. The molecule has 2 N–H and O–H groups in total. The van der Waals surface area contributed by atoms with E-state index in [1.165, 1.54) is 11.3 Å². The van der Waals surface area contributed by atoms with Crippen molar-refractivity contribution in [2.45, 2.75) is 12.5 Å². The quantitative estimate of drug-likeness (QED) is 0.778. The largest absolute Gasteiger partial charge is 0.384 e. The van der Waals surface area contributed by atoms with Crippen LogP contribution in [0.2, 0.25) is 0 Å². The molecule has 4 nitrogen and oxygen atoms in total. The molecule has 2 aromatic heterocycles. The SMILES string of the molecule is CC(O)(CNC(=O)c1cccc2ncccc12)c1ccsc1. The maximum absolute atomic E-state index is 12.4. The lowest BCUT2D eigenvalue weighted by Crippen LogP contribution is -2.38. The van der Waals surface area contributed by atoms with Gasteiger partial charge in [-0.15, -0.1) is 0 Å². The van der Waals surface area contributed by atoms with Crippen molar-refractivity contribution in [2.75, 3.05) is 6.54 Å². The van der Waals surface area contributed by atoms with Crippen LogP contribution in [-0.2, 0) is 5.60 Å². The molecule has 0 bridgehead atoms. The molecular weight excluding hydrogens is 296 g/mol. The van der Waals surface area contributed by atoms with Gasteiger partial charge in [-0.25, -0.2) is 0 Å². The van der Waals surface area contributed by atoms with Crippen molar-refractivity contribution in [3.63, 3.8) is 0 Å². The van der Waals surface area contributed by atoms with Gasteiger partial charge in [0.1, 0.15) is 5.60 Å². The predicted octanol–water partition coefficient (Wildman–Crippen LogP) is 2.93. The summed E-state index contributed by atoms with van der Waals surface area (Å²) in [5, 5.41) is 17.9. The minimum atomic E-state index is -1.08. The van der Waals surface area contributed by atoms with Gasteiger partial charge in [-0.05, 0) is 47.5 Å². The lowest BCUT2D eigenvalue weighted by Gasteiger charge is -2.23. The lowest BCUT2D eigenvalue weighted by atomic mass is 9.99. The Morgan fingerprint density at radius 3 is 2.95 bits per heavy atom. The molecule has 3 rings (SSSR count). The molecule has 3 aromatic rings. The Hall–Kier alpha value is -2.24. The Morgan fingerprint density at radius 2 is 2.18 bits per heavy atom. The molecule has 0 spiro atoms. The van der Waals surface area contributed by atoms with E-state index < -0.39 is 5.60 Å². The van der Waals surface area contributed by atoms with Crippen LogP contribution in [-0.4, -0.2) is 22.5 Å². The van der Waals surface area contributed by atoms with Crippen molar-refractivity contribution in [1.29, 1.82) is 0 Å². The van der Waals surface area contributed by atoms with Crippen LogP contribution in [0.5, 0.6) is 0 Å². The summed E-state index contributed by atoms with van der Waals surface area (Å²) in [5.74, 6) is -0.214. The van der Waals surface area contributed by atoms with Crippen LogP contribution in [0.25, 0.3) is 10.9 Å². The third-order valence-corrected chi connectivity index (χ3v) is 4.31. The fourth-order valence-corrected chi connectivity index (χ4v) is 3.10. The molecule has 0 saturated carbocycles. The first-order valence-corrected chi connectivity index (χ1v) is 7.89. The molecule has 1 atom stereocenters. The number of thiophene rings is 1. The summed E-state index contributed by atoms with van der Waals surface area (Å²) < 4.78 is 0. The molecule has 0 aliphatic heterocycles. The number of rotatable bonds is 4. The third kappa shape index (κ3) is 2.86. The first-order chi connectivity index (χ1) is 10.6. The third-order valence-electron chi connectivity index (χ3n) is 3.63. The Kier molecular flexibility index (Phi) is 3.92. The zero-order chi connectivity index (χ0) is 15.6. The van der Waals surface area contributed by atoms with Gasteiger partial charge in [-0.2, -0.15) is 11.3 Å². The number of carbonyl (C=O) groups excluding carboxylic acids is 1. The van der Waals surface area contributed by atoms with Gasteiger partial charge in [-0.3, -0.25) is 9.78 Å². The van der Waals surface area contributed by atoms with Crippen LogP contribution in [0.15, 0.2) is 53.4 Å². The molecule has 1 amide bonds. The fourth-order valence-electron chi connectivity index (χ4n) is 2.32. The van der Waals surface area contributed by atoms with E-state index >= 15 is 0 Å². The number of aromatic nitrogens is 1. The molecule has 1 aromatic carbocycles. The van der Waals surface area contributed by atoms with E-state index in [4.69, 9.17) is 0 Å². The molecular formula is C17H16N2O2S. The Bertz CT molecular complexity index is 792. The average molecular weight is 312 g/mol. The summed E-state index contributed by atoms with van der Waals surface area (Å²) in [7, 11) is 0. The second kappa shape index (κ2) is 5.87. The number of pyridine rings is 1. The fraction of sp³-hybridized carbons (Fsp3) is 0.176. The highest BCUT2D eigenvalue weighted by Crippen LogP contribution is 2.22. The highest BCUT2D eigenvalue weighted by molar-refractivity contribution is 7.08. The highest BCUT2D eigenvalue weighted by atomic mass is 32.1. The van der Waals surface area contributed by atoms with Crippen LogP contribution in [0.3, 0.4) is 0 Å². The van der Waals surface area contributed by atoms with Crippen molar-refractivity contribution < 1.29 is 9.90 Å². The number of fused-ring (bicyclic) bond motifs is 1. The smallest absolute Gasteiger partial charge is 0.252 e. The van der Waals surface area contributed by atoms with Crippen molar-refractivity contribution >= 4 is 28.1 Å². The standard InChI is InChI=1S/C17H16N2O2S/c1-17(21,12-7-9-22-10-12)11-19-16(20)14-4-2-6-15-13(14)5-3-8-18-15/h2-10,21H,11H2,1H3,(H,19,20). The van der Waals surface area contributed by atoms with Crippen molar-refractivity contribution in [3.8, 4) is 0 Å². The molecule has 0 aliphatic carbocycles. The average Bonchev–Trinajstić information content (AvgIpc) is 3.07. The summed E-state index contributed by atoms with van der Waals surface area (Å²) in [4.78, 5) is 16.7. The van der Waals surface area contributed by atoms with E-state index in [-0.39, 0.29) is 12.5 Å². The molecule has 22 heavy (non-hydrogen) atoms. The van der Waals surface area contributed by atoms with Gasteiger partial charge in [0.2, 0.25) is 0 Å². The number of benzene rings is 1. The number of nitrogens with one attached hydrogen (secondary N) is 1. The maximum Gasteiger partial charge on any atom is 0.252 e. The van der Waals surface area contributed by atoms with Crippen molar-refractivity contribution in [3.05, 3.63) is 64.5 Å². The summed E-state index contributed by atoms with van der Waals surface area (Å²) in [6.07, 6.45) is 1.70. The monoisotopic (exact) mass is 312 g/mol. The van der Waals surface area contributed by atoms with E-state index in [1.807, 2.05) is 29.0 Å². The van der Waals surface area contributed by atoms with Gasteiger partial charge in [0.05, 0.1) is 12.1 Å². The maximum atomic E-state index is 12.4. The number of amides is 1. The molecule has 0 radical (unpaired) electrons. The van der Waals surface area contributed by atoms with Crippen LogP contribution in [0.1, 0.15) is 22.8 Å². The molecule has 1 unspecified atom stereocenters. The van der Waals surface area contributed by atoms with E-state index in [1.54, 1.807) is 31.3 Å². The van der Waals surface area contributed by atoms with Gasteiger partial charge in [0.25, 0.3) is 5.91 Å². The first-order valence-electron chi connectivity index (χ1n) is 6.95. The van der Waals surface area contributed by atoms with Crippen molar-refractivity contribution in [1.82, 2.24) is 10.3 Å². The minimum Gasteiger partial charge on any atom is -0.384 e. The zero-order valence-electron chi connectivity index (χ0n) is 12.1. The van der Waals surface area contributed by atoms with Gasteiger partial charge in [0.15, 0.2) is 0 Å². The van der Waals surface area contributed by atoms with Gasteiger partial charge in [0, 0.05) is 17.1 Å². The van der Waals surface area contributed by atoms with Gasteiger partial charge in [-0.1, -0.05) is 12.1 Å². The van der Waals surface area contributed by atoms with Gasteiger partial charge < -0.3 is 10.4 Å². The van der Waals surface area contributed by atoms with Crippen LogP contribution in [0.4, 0.5) is 0 Å². The van der Waals surface area contributed by atoms with E-state index in [2.05, 4.69) is 10.3 Å². The molecule has 0 fully saturated rings. The minimum absolute atomic E-state index is 0.152. The Labute approximate surface area is 132 Å². The summed E-state index contributed by atoms with van der Waals surface area (Å²) in [6, 6.07) is 11.0. The number of carbonyl (C=O) groups is 1. The van der Waals surface area contributed by atoms with Crippen molar-refractivity contribution in [2.24, 2.45) is 0 Å². The van der Waals surface area contributed by atoms with Crippen LogP contribution < -0.4 is 5.32 Å². The van der Waals surface area contributed by atoms with E-state index in [0.29, 0.717) is 5.56 Å². The second-order valence-corrected chi connectivity index (χ2v) is 6.12. The first kappa shape index (κ1) is 14.7. The molecule has 2 heterocycles. The molecule has 0 aliphatic rings. The van der Waals surface area contributed by atoms with Crippen LogP contribution >= 0.6 is 11.3 Å². The number of nitrogens with zero attached hydrogens (tertiary/aromatic N) is 1.